The van der Waals surface area contributed by atoms with Crippen LogP contribution in [0.15, 0.2) is 6.20 Å². The van der Waals surface area contributed by atoms with E-state index in [2.05, 4.69) is 43.6 Å². The van der Waals surface area contributed by atoms with E-state index in [0.29, 0.717) is 12.1 Å². The van der Waals surface area contributed by atoms with Gasteiger partial charge in [-0.05, 0) is 20.8 Å². The molecule has 0 amide bonds. The summed E-state index contributed by atoms with van der Waals surface area (Å²) in [4.78, 5) is 16.8. The number of hydrogen-bond acceptors (Lipinski definition) is 6. The van der Waals surface area contributed by atoms with E-state index in [4.69, 9.17) is 0 Å². The minimum Gasteiger partial charge on any atom is -0.353 e. The minimum atomic E-state index is 0.654. The van der Waals surface area contributed by atoms with E-state index in [-0.39, 0.29) is 0 Å². The lowest BCUT2D eigenvalue weighted by Crippen LogP contribution is -2.63. The molecule has 130 valence electrons. The van der Waals surface area contributed by atoms with Crippen molar-refractivity contribution in [2.75, 3.05) is 44.2 Å². The van der Waals surface area contributed by atoms with Crippen molar-refractivity contribution >= 4 is 16.9 Å². The second-order valence-electron chi connectivity index (χ2n) is 7.32. The summed E-state index contributed by atoms with van der Waals surface area (Å²) in [7, 11) is 1.94. The molecule has 0 spiro atoms. The first-order valence-corrected chi connectivity index (χ1v) is 8.92. The van der Waals surface area contributed by atoms with Gasteiger partial charge in [0.2, 0.25) is 0 Å². The van der Waals surface area contributed by atoms with Crippen LogP contribution in [-0.4, -0.2) is 80.9 Å². The van der Waals surface area contributed by atoms with Crippen molar-refractivity contribution in [3.05, 3.63) is 12.0 Å². The summed E-state index contributed by atoms with van der Waals surface area (Å²) in [6, 6.07) is 1.31. The van der Waals surface area contributed by atoms with Gasteiger partial charge in [0.05, 0.1) is 11.6 Å². The maximum absolute atomic E-state index is 4.69. The van der Waals surface area contributed by atoms with Gasteiger partial charge in [-0.2, -0.15) is 5.10 Å². The van der Waals surface area contributed by atoms with Crippen LogP contribution in [-0.2, 0) is 7.05 Å². The third-order valence-electron chi connectivity index (χ3n) is 5.44. The van der Waals surface area contributed by atoms with E-state index in [1.165, 1.54) is 26.2 Å². The molecule has 4 heterocycles. The Balaban J connectivity index is 1.43. The largest absolute Gasteiger partial charge is 0.353 e. The smallest absolute Gasteiger partial charge is 0.163 e. The Bertz CT molecular complexity index is 724. The quantitative estimate of drug-likeness (QED) is 0.833. The summed E-state index contributed by atoms with van der Waals surface area (Å²) in [6.45, 7) is 13.4. The normalized spacial score (nSPS) is 21.0. The number of aryl methyl sites for hydroxylation is 2. The number of fused-ring (bicyclic) bond motifs is 1. The van der Waals surface area contributed by atoms with Crippen molar-refractivity contribution in [2.24, 2.45) is 7.05 Å². The van der Waals surface area contributed by atoms with Gasteiger partial charge >= 0.3 is 0 Å². The zero-order valence-electron chi connectivity index (χ0n) is 15.1. The molecule has 7 heteroatoms. The fraction of sp³-hybridized carbons (Fsp3) is 0.706. The predicted octanol–water partition coefficient (Wildman–Crippen LogP) is 0.886. The highest BCUT2D eigenvalue weighted by molar-refractivity contribution is 5.87. The summed E-state index contributed by atoms with van der Waals surface area (Å²) in [6.07, 6.45) is 1.89. The molecule has 7 nitrogen and oxygen atoms in total. The molecular formula is C17H27N7. The van der Waals surface area contributed by atoms with Gasteiger partial charge in [-0.1, -0.05) is 0 Å². The molecule has 0 unspecified atom stereocenters. The highest BCUT2D eigenvalue weighted by Gasteiger charge is 2.35. The Hall–Kier alpha value is -1.73. The van der Waals surface area contributed by atoms with E-state index in [1.54, 1.807) is 0 Å². The number of rotatable bonds is 3. The third kappa shape index (κ3) is 2.65. The second kappa shape index (κ2) is 5.97. The van der Waals surface area contributed by atoms with Gasteiger partial charge in [0.1, 0.15) is 11.6 Å². The van der Waals surface area contributed by atoms with Gasteiger partial charge in [-0.15, -0.1) is 0 Å². The van der Waals surface area contributed by atoms with Crippen molar-refractivity contribution in [3.63, 3.8) is 0 Å². The van der Waals surface area contributed by atoms with E-state index in [1.807, 2.05) is 24.9 Å². The van der Waals surface area contributed by atoms with Crippen molar-refractivity contribution in [1.82, 2.24) is 29.5 Å². The Morgan fingerprint density at radius 2 is 1.79 bits per heavy atom. The van der Waals surface area contributed by atoms with Crippen LogP contribution in [0, 0.1) is 6.92 Å². The van der Waals surface area contributed by atoms with Crippen LogP contribution in [0.1, 0.15) is 19.7 Å². The Labute approximate surface area is 143 Å². The molecule has 0 aromatic carbocycles. The molecule has 2 aromatic heterocycles. The molecule has 0 atom stereocenters. The first-order chi connectivity index (χ1) is 11.5. The summed E-state index contributed by atoms with van der Waals surface area (Å²) >= 11 is 0. The second-order valence-corrected chi connectivity index (χ2v) is 7.32. The van der Waals surface area contributed by atoms with Gasteiger partial charge < -0.3 is 4.90 Å². The van der Waals surface area contributed by atoms with Crippen LogP contribution >= 0.6 is 0 Å². The highest BCUT2D eigenvalue weighted by Crippen LogP contribution is 2.29. The lowest BCUT2D eigenvalue weighted by Gasteiger charge is -2.49. The monoisotopic (exact) mass is 329 g/mol. The molecule has 2 aliphatic rings. The Morgan fingerprint density at radius 3 is 2.46 bits per heavy atom. The molecule has 2 aromatic rings. The lowest BCUT2D eigenvalue weighted by atomic mass is 10.1. The molecular weight excluding hydrogens is 302 g/mol. The van der Waals surface area contributed by atoms with Crippen molar-refractivity contribution < 1.29 is 0 Å². The van der Waals surface area contributed by atoms with E-state index in [0.717, 1.165) is 35.8 Å². The fourth-order valence-corrected chi connectivity index (χ4v) is 3.83. The number of anilines is 1. The molecule has 0 bridgehead atoms. The SMILES string of the molecule is Cc1nc(N2CC(N3CCN(C(C)C)CC3)C2)c2cnn(C)c2n1. The lowest BCUT2D eigenvalue weighted by molar-refractivity contribution is 0.0677. The van der Waals surface area contributed by atoms with Gasteiger partial charge in [0, 0.05) is 58.4 Å². The molecule has 0 saturated carbocycles. The third-order valence-corrected chi connectivity index (χ3v) is 5.44. The first kappa shape index (κ1) is 15.8. The van der Waals surface area contributed by atoms with Crippen LogP contribution < -0.4 is 4.90 Å². The zero-order valence-corrected chi connectivity index (χ0v) is 15.1. The minimum absolute atomic E-state index is 0.654. The topological polar surface area (TPSA) is 53.3 Å². The molecule has 0 radical (unpaired) electrons. The van der Waals surface area contributed by atoms with Gasteiger partial charge in [0.15, 0.2) is 5.65 Å². The highest BCUT2D eigenvalue weighted by atomic mass is 15.4. The van der Waals surface area contributed by atoms with Crippen LogP contribution in [0.5, 0.6) is 0 Å². The van der Waals surface area contributed by atoms with E-state index < -0.39 is 0 Å². The Kier molecular flexibility index (Phi) is 3.92. The molecule has 0 aliphatic carbocycles. The average Bonchev–Trinajstić information content (AvgIpc) is 2.88. The number of hydrogen-bond donors (Lipinski definition) is 0. The fourth-order valence-electron chi connectivity index (χ4n) is 3.83. The summed E-state index contributed by atoms with van der Waals surface area (Å²) in [5.41, 5.74) is 0.923. The molecule has 2 fully saturated rings. The summed E-state index contributed by atoms with van der Waals surface area (Å²) < 4.78 is 1.83. The predicted molar refractivity (Wildman–Crippen MR) is 95.3 cm³/mol. The maximum Gasteiger partial charge on any atom is 0.163 e. The standard InChI is InChI=1S/C17H27N7/c1-12(2)22-5-7-23(8-6-22)14-10-24(11-14)17-15-9-18-21(4)16(15)19-13(3)20-17/h9,12,14H,5-8,10-11H2,1-4H3. The van der Waals surface area contributed by atoms with Gasteiger partial charge in [0.25, 0.3) is 0 Å². The average molecular weight is 329 g/mol. The van der Waals surface area contributed by atoms with Crippen molar-refractivity contribution in [3.8, 4) is 0 Å². The zero-order chi connectivity index (χ0) is 16.8. The summed E-state index contributed by atoms with van der Waals surface area (Å²) in [5.74, 6) is 1.86. The molecule has 24 heavy (non-hydrogen) atoms. The van der Waals surface area contributed by atoms with Crippen LogP contribution in [0.25, 0.3) is 11.0 Å². The molecule has 4 rings (SSSR count). The van der Waals surface area contributed by atoms with Crippen molar-refractivity contribution in [1.29, 1.82) is 0 Å². The van der Waals surface area contributed by atoms with Crippen LogP contribution in [0.3, 0.4) is 0 Å². The maximum atomic E-state index is 4.69. The Morgan fingerprint density at radius 1 is 1.08 bits per heavy atom. The number of piperazine rings is 1. The number of nitrogens with zero attached hydrogens (tertiary/aromatic N) is 7. The van der Waals surface area contributed by atoms with Gasteiger partial charge in [-0.3, -0.25) is 14.5 Å². The van der Waals surface area contributed by atoms with Crippen LogP contribution in [0.2, 0.25) is 0 Å². The first-order valence-electron chi connectivity index (χ1n) is 8.92. The number of aromatic nitrogens is 4. The molecule has 2 aliphatic heterocycles. The van der Waals surface area contributed by atoms with Gasteiger partial charge in [-0.25, -0.2) is 9.97 Å². The molecule has 2 saturated heterocycles. The molecule has 0 N–H and O–H groups in total. The van der Waals surface area contributed by atoms with Crippen molar-refractivity contribution in [2.45, 2.75) is 32.9 Å². The van der Waals surface area contributed by atoms with E-state index in [9.17, 15) is 0 Å². The van der Waals surface area contributed by atoms with Crippen LogP contribution in [0.4, 0.5) is 5.82 Å². The summed E-state index contributed by atoms with van der Waals surface area (Å²) in [5, 5.41) is 5.40. The van der Waals surface area contributed by atoms with E-state index >= 15 is 0 Å².